The molecule has 24 heavy (non-hydrogen) atoms. The number of hydrogen-bond donors (Lipinski definition) is 0. The SMILES string of the molecule is CC(C)(C)CCC1C=CC=C1P(C1CCCCC1)C1CCCCC1. The van der Waals surface area contributed by atoms with Crippen molar-refractivity contribution >= 4 is 7.92 Å². The first-order valence-electron chi connectivity index (χ1n) is 10.7. The highest BCUT2D eigenvalue weighted by Crippen LogP contribution is 2.64. The molecule has 3 rings (SSSR count). The van der Waals surface area contributed by atoms with E-state index in [1.165, 1.54) is 77.0 Å². The predicted octanol–water partition coefficient (Wildman–Crippen LogP) is 8.03. The van der Waals surface area contributed by atoms with Crippen LogP contribution in [-0.2, 0) is 0 Å². The quantitative estimate of drug-likeness (QED) is 0.442. The monoisotopic (exact) mass is 346 g/mol. The van der Waals surface area contributed by atoms with Crippen molar-refractivity contribution in [2.75, 3.05) is 0 Å². The Bertz CT molecular complexity index is 423. The van der Waals surface area contributed by atoms with Gasteiger partial charge in [0.05, 0.1) is 0 Å². The van der Waals surface area contributed by atoms with Crippen molar-refractivity contribution in [3.63, 3.8) is 0 Å². The zero-order valence-electron chi connectivity index (χ0n) is 16.4. The zero-order chi connectivity index (χ0) is 17.0. The van der Waals surface area contributed by atoms with Gasteiger partial charge in [0.1, 0.15) is 0 Å². The standard InChI is InChI=1S/C23H39P/c1-23(2,3)18-17-19-11-10-16-22(19)24(20-12-6-4-7-13-20)21-14-8-5-9-15-21/h10-11,16,19-21H,4-9,12-15,17-18H2,1-3H3. The molecular formula is C23H39P. The molecule has 3 aliphatic carbocycles. The van der Waals surface area contributed by atoms with Gasteiger partial charge in [-0.3, -0.25) is 0 Å². The summed E-state index contributed by atoms with van der Waals surface area (Å²) in [5.74, 6) is 0.777. The van der Waals surface area contributed by atoms with Crippen LogP contribution in [0.5, 0.6) is 0 Å². The Morgan fingerprint density at radius 2 is 1.42 bits per heavy atom. The minimum absolute atomic E-state index is 0.114. The van der Waals surface area contributed by atoms with Gasteiger partial charge in [0.15, 0.2) is 0 Å². The van der Waals surface area contributed by atoms with Crippen molar-refractivity contribution in [3.05, 3.63) is 23.5 Å². The molecule has 0 spiro atoms. The first-order valence-corrected chi connectivity index (χ1v) is 12.2. The van der Waals surface area contributed by atoms with E-state index in [2.05, 4.69) is 39.0 Å². The van der Waals surface area contributed by atoms with Crippen LogP contribution in [0.3, 0.4) is 0 Å². The molecule has 3 aliphatic rings. The molecule has 2 saturated carbocycles. The highest BCUT2D eigenvalue weighted by atomic mass is 31.1. The lowest BCUT2D eigenvalue weighted by molar-refractivity contribution is 0.353. The molecule has 136 valence electrons. The van der Waals surface area contributed by atoms with Gasteiger partial charge in [-0.2, -0.15) is 0 Å². The molecule has 0 bridgehead atoms. The van der Waals surface area contributed by atoms with E-state index < -0.39 is 0 Å². The van der Waals surface area contributed by atoms with Gasteiger partial charge in [-0.05, 0) is 60.6 Å². The van der Waals surface area contributed by atoms with Gasteiger partial charge in [-0.1, -0.05) is 85.4 Å². The van der Waals surface area contributed by atoms with Gasteiger partial charge in [0, 0.05) is 5.92 Å². The van der Waals surface area contributed by atoms with Gasteiger partial charge in [0.2, 0.25) is 0 Å². The topological polar surface area (TPSA) is 0 Å². The Balaban J connectivity index is 1.73. The van der Waals surface area contributed by atoms with Crippen molar-refractivity contribution in [1.82, 2.24) is 0 Å². The summed E-state index contributed by atoms with van der Waals surface area (Å²) in [4.78, 5) is 0. The van der Waals surface area contributed by atoms with Crippen molar-refractivity contribution in [1.29, 1.82) is 0 Å². The zero-order valence-corrected chi connectivity index (χ0v) is 17.3. The van der Waals surface area contributed by atoms with Crippen LogP contribution in [0.4, 0.5) is 0 Å². The lowest BCUT2D eigenvalue weighted by atomic mass is 9.87. The second-order valence-corrected chi connectivity index (χ2v) is 12.5. The van der Waals surface area contributed by atoms with Crippen molar-refractivity contribution < 1.29 is 0 Å². The average molecular weight is 347 g/mol. The Morgan fingerprint density at radius 1 is 0.875 bits per heavy atom. The van der Waals surface area contributed by atoms with Crippen LogP contribution < -0.4 is 0 Å². The summed E-state index contributed by atoms with van der Waals surface area (Å²) in [6.45, 7) is 7.21. The Morgan fingerprint density at radius 3 is 1.92 bits per heavy atom. The van der Waals surface area contributed by atoms with Crippen molar-refractivity contribution in [2.24, 2.45) is 11.3 Å². The molecule has 1 atom stereocenters. The normalized spacial score (nSPS) is 27.0. The summed E-state index contributed by atoms with van der Waals surface area (Å²) in [7, 11) is 0.114. The average Bonchev–Trinajstić information content (AvgIpc) is 3.03. The summed E-state index contributed by atoms with van der Waals surface area (Å²) >= 11 is 0. The molecule has 0 amide bonds. The summed E-state index contributed by atoms with van der Waals surface area (Å²) in [6, 6.07) is 0. The lowest BCUT2D eigenvalue weighted by Gasteiger charge is -2.41. The molecule has 0 radical (unpaired) electrons. The third kappa shape index (κ3) is 4.97. The van der Waals surface area contributed by atoms with E-state index in [9.17, 15) is 0 Å². The fraction of sp³-hybridized carbons (Fsp3) is 0.826. The molecule has 2 fully saturated rings. The molecule has 0 aromatic carbocycles. The largest absolute Gasteiger partial charge is 0.0770 e. The molecule has 0 aromatic rings. The predicted molar refractivity (Wildman–Crippen MR) is 110 cm³/mol. The van der Waals surface area contributed by atoms with Crippen LogP contribution >= 0.6 is 7.92 Å². The van der Waals surface area contributed by atoms with Gasteiger partial charge >= 0.3 is 0 Å². The molecule has 0 saturated heterocycles. The molecule has 0 aliphatic heterocycles. The minimum Gasteiger partial charge on any atom is -0.0770 e. The first kappa shape index (κ1) is 18.7. The van der Waals surface area contributed by atoms with E-state index in [-0.39, 0.29) is 7.92 Å². The second-order valence-electron chi connectivity index (χ2n) is 9.67. The highest BCUT2D eigenvalue weighted by molar-refractivity contribution is 7.63. The van der Waals surface area contributed by atoms with E-state index in [0.29, 0.717) is 5.41 Å². The number of hydrogen-bond acceptors (Lipinski definition) is 0. The van der Waals surface area contributed by atoms with E-state index in [4.69, 9.17) is 0 Å². The van der Waals surface area contributed by atoms with E-state index in [0.717, 1.165) is 17.2 Å². The highest BCUT2D eigenvalue weighted by Gasteiger charge is 2.36. The van der Waals surface area contributed by atoms with Crippen LogP contribution in [0.25, 0.3) is 0 Å². The fourth-order valence-electron chi connectivity index (χ4n) is 5.06. The third-order valence-electron chi connectivity index (χ3n) is 6.43. The van der Waals surface area contributed by atoms with Gasteiger partial charge in [-0.15, -0.1) is 0 Å². The minimum atomic E-state index is 0.114. The van der Waals surface area contributed by atoms with Crippen LogP contribution in [0, 0.1) is 11.3 Å². The molecule has 1 heteroatoms. The maximum atomic E-state index is 2.57. The Hall–Kier alpha value is -0.0900. The Kier molecular flexibility index (Phi) is 6.64. The van der Waals surface area contributed by atoms with Crippen molar-refractivity contribution in [2.45, 2.75) is 109 Å². The number of allylic oxidation sites excluding steroid dienone is 4. The van der Waals surface area contributed by atoms with Crippen molar-refractivity contribution in [3.8, 4) is 0 Å². The van der Waals surface area contributed by atoms with E-state index >= 15 is 0 Å². The first-order chi connectivity index (χ1) is 11.5. The molecule has 0 N–H and O–H groups in total. The second kappa shape index (κ2) is 8.53. The summed E-state index contributed by atoms with van der Waals surface area (Å²) < 4.78 is 0. The maximum Gasteiger partial charge on any atom is 0.00259 e. The molecule has 1 unspecified atom stereocenters. The van der Waals surface area contributed by atoms with Crippen LogP contribution in [0.1, 0.15) is 97.8 Å². The van der Waals surface area contributed by atoms with E-state index in [1.54, 1.807) is 0 Å². The van der Waals surface area contributed by atoms with Gasteiger partial charge < -0.3 is 0 Å². The van der Waals surface area contributed by atoms with Crippen LogP contribution in [-0.4, -0.2) is 11.3 Å². The van der Waals surface area contributed by atoms with Crippen LogP contribution in [0.2, 0.25) is 0 Å². The fourth-order valence-corrected chi connectivity index (χ4v) is 9.20. The Labute approximate surface area is 152 Å². The van der Waals surface area contributed by atoms with Gasteiger partial charge in [-0.25, -0.2) is 0 Å². The van der Waals surface area contributed by atoms with Crippen LogP contribution in [0.15, 0.2) is 23.5 Å². The maximum absolute atomic E-state index is 2.57. The number of rotatable bonds is 5. The lowest BCUT2D eigenvalue weighted by Crippen LogP contribution is -2.23. The molecule has 0 nitrogen and oxygen atoms in total. The summed E-state index contributed by atoms with van der Waals surface area (Å²) in [5, 5.41) is 1.91. The third-order valence-corrected chi connectivity index (χ3v) is 10.1. The van der Waals surface area contributed by atoms with Gasteiger partial charge in [0.25, 0.3) is 0 Å². The molecule has 0 aromatic heterocycles. The van der Waals surface area contributed by atoms with E-state index in [1.807, 2.05) is 5.31 Å². The smallest absolute Gasteiger partial charge is 0.00259 e. The summed E-state index contributed by atoms with van der Waals surface area (Å²) in [6.07, 6.45) is 25.4. The summed E-state index contributed by atoms with van der Waals surface area (Å²) in [5.41, 5.74) is 2.58. The molecular weight excluding hydrogens is 307 g/mol. The molecule has 0 heterocycles.